The van der Waals surface area contributed by atoms with Crippen molar-refractivity contribution in [1.82, 2.24) is 0 Å². The first-order valence-electron chi connectivity index (χ1n) is 41.7. The highest BCUT2D eigenvalue weighted by Gasteiger charge is 2.30. The SMILES string of the molecule is CCC(C)CCCCCCCCCCC(=O)O[C@H](COC(=O)CCCCCCCCCCCCCCCCC(C)C)COP(=O)(O)OCC(O)COP(=O)(O)OC[C@@H](COC(=O)CCCCCCCCCC(C)C)OC(=O)CCCCCCCCCCCCCCCCCCCCC(C)C. The predicted molar refractivity (Wildman–Crippen MR) is 409 cm³/mol. The largest absolute Gasteiger partial charge is 0.472 e. The van der Waals surface area contributed by atoms with Crippen molar-refractivity contribution in [3.8, 4) is 0 Å². The molecular weight excluding hydrogens is 1310 g/mol. The van der Waals surface area contributed by atoms with E-state index in [1.807, 2.05) is 0 Å². The van der Waals surface area contributed by atoms with Crippen LogP contribution in [0.3, 0.4) is 0 Å². The van der Waals surface area contributed by atoms with E-state index in [4.69, 9.17) is 37.0 Å². The number of phosphoric acid groups is 2. The summed E-state index contributed by atoms with van der Waals surface area (Å²) in [5, 5.41) is 10.6. The number of unbranched alkanes of at least 4 members (excludes halogenated alkanes) is 43. The van der Waals surface area contributed by atoms with Gasteiger partial charge in [0.25, 0.3) is 0 Å². The Kier molecular flexibility index (Phi) is 68.7. The van der Waals surface area contributed by atoms with Crippen molar-refractivity contribution in [3.05, 3.63) is 0 Å². The summed E-state index contributed by atoms with van der Waals surface area (Å²) in [6.07, 6.45) is 57.0. The summed E-state index contributed by atoms with van der Waals surface area (Å²) >= 11 is 0. The Morgan fingerprint density at radius 2 is 0.480 bits per heavy atom. The van der Waals surface area contributed by atoms with Crippen molar-refractivity contribution in [2.24, 2.45) is 23.7 Å². The van der Waals surface area contributed by atoms with Gasteiger partial charge in [0, 0.05) is 25.7 Å². The molecule has 0 saturated carbocycles. The smallest absolute Gasteiger partial charge is 0.462 e. The fourth-order valence-electron chi connectivity index (χ4n) is 12.4. The Bertz CT molecular complexity index is 1960. The molecule has 594 valence electrons. The summed E-state index contributed by atoms with van der Waals surface area (Å²) < 4.78 is 68.7. The average Bonchev–Trinajstić information content (AvgIpc) is 0.951. The second kappa shape index (κ2) is 70.1. The van der Waals surface area contributed by atoms with E-state index in [-0.39, 0.29) is 25.7 Å². The molecule has 17 nitrogen and oxygen atoms in total. The monoisotopic (exact) mass is 1470 g/mol. The van der Waals surface area contributed by atoms with Gasteiger partial charge in [-0.25, -0.2) is 9.13 Å². The van der Waals surface area contributed by atoms with Gasteiger partial charge < -0.3 is 33.8 Å². The molecule has 0 fully saturated rings. The molecule has 0 aromatic carbocycles. The number of rotatable bonds is 78. The Morgan fingerprint density at radius 1 is 0.280 bits per heavy atom. The maximum absolute atomic E-state index is 13.1. The van der Waals surface area contributed by atoms with Crippen LogP contribution in [-0.2, 0) is 65.4 Å². The molecule has 0 amide bonds. The number of aliphatic hydroxyl groups is 1. The molecule has 19 heteroatoms. The molecule has 0 aliphatic heterocycles. The first-order valence-corrected chi connectivity index (χ1v) is 44.7. The van der Waals surface area contributed by atoms with E-state index >= 15 is 0 Å². The van der Waals surface area contributed by atoms with Crippen molar-refractivity contribution in [2.45, 2.75) is 433 Å². The Hall–Kier alpha value is -1.94. The third-order valence-electron chi connectivity index (χ3n) is 19.2. The Morgan fingerprint density at radius 3 is 0.710 bits per heavy atom. The zero-order valence-corrected chi connectivity index (χ0v) is 67.6. The maximum Gasteiger partial charge on any atom is 0.472 e. The highest BCUT2D eigenvalue weighted by molar-refractivity contribution is 7.47. The molecule has 0 bridgehead atoms. The number of carbonyl (C=O) groups is 4. The molecule has 0 aromatic heterocycles. The summed E-state index contributed by atoms with van der Waals surface area (Å²) in [4.78, 5) is 73.0. The molecule has 0 spiro atoms. The molecule has 0 rings (SSSR count). The van der Waals surface area contributed by atoms with Crippen LogP contribution in [-0.4, -0.2) is 96.7 Å². The fraction of sp³-hybridized carbons (Fsp3) is 0.951. The number of aliphatic hydroxyl groups excluding tert-OH is 1. The standard InChI is InChI=1S/C81H158O17P2/c1-9-74(8)60-52-44-36-30-31-39-48-56-64-81(86)98-76(67-91-78(83)61-53-45-37-28-24-20-17-16-19-23-27-34-42-50-58-72(4)5)69-95-99(87,88)93-65-75(82)66-94-100(89,90)96-70-77(68-92-79(84)62-54-46-40-32-35-43-51-59-73(6)7)97-80(85)63-55-47-38-29-25-21-15-13-11-10-12-14-18-22-26-33-41-49-57-71(2)3/h71-77,82H,9-70H2,1-8H3,(H,87,88)(H,89,90)/t74?,75?,76-,77-/m1/s1. The number of phosphoric ester groups is 2. The summed E-state index contributed by atoms with van der Waals surface area (Å²) in [5.74, 6) is 0.977. The maximum atomic E-state index is 13.1. The van der Waals surface area contributed by atoms with Crippen molar-refractivity contribution in [1.29, 1.82) is 0 Å². The first kappa shape index (κ1) is 98.1. The molecule has 100 heavy (non-hydrogen) atoms. The van der Waals surface area contributed by atoms with E-state index in [2.05, 4.69) is 55.4 Å². The molecule has 0 heterocycles. The van der Waals surface area contributed by atoms with Gasteiger partial charge in [-0.3, -0.25) is 37.3 Å². The van der Waals surface area contributed by atoms with Crippen LogP contribution in [0, 0.1) is 23.7 Å². The topological polar surface area (TPSA) is 237 Å². The quantitative estimate of drug-likeness (QED) is 0.0222. The molecule has 0 aliphatic carbocycles. The third-order valence-corrected chi connectivity index (χ3v) is 21.1. The van der Waals surface area contributed by atoms with Crippen LogP contribution in [0.25, 0.3) is 0 Å². The highest BCUT2D eigenvalue weighted by atomic mass is 31.2. The van der Waals surface area contributed by atoms with Crippen LogP contribution in [0.2, 0.25) is 0 Å². The second-order valence-electron chi connectivity index (χ2n) is 30.8. The number of hydrogen-bond acceptors (Lipinski definition) is 15. The van der Waals surface area contributed by atoms with E-state index in [0.717, 1.165) is 114 Å². The van der Waals surface area contributed by atoms with Crippen LogP contribution < -0.4 is 0 Å². The molecular formula is C81H158O17P2. The average molecular weight is 1470 g/mol. The lowest BCUT2D eigenvalue weighted by atomic mass is 9.99. The van der Waals surface area contributed by atoms with Gasteiger partial charge >= 0.3 is 39.5 Å². The zero-order chi connectivity index (χ0) is 73.8. The third kappa shape index (κ3) is 73.0. The minimum atomic E-state index is -4.96. The van der Waals surface area contributed by atoms with Gasteiger partial charge in [0.15, 0.2) is 12.2 Å². The van der Waals surface area contributed by atoms with Gasteiger partial charge in [-0.15, -0.1) is 0 Å². The highest BCUT2D eigenvalue weighted by Crippen LogP contribution is 2.45. The van der Waals surface area contributed by atoms with Gasteiger partial charge in [-0.05, 0) is 49.4 Å². The van der Waals surface area contributed by atoms with Gasteiger partial charge in [0.1, 0.15) is 19.3 Å². The summed E-state index contributed by atoms with van der Waals surface area (Å²) in [6.45, 7) is 14.2. The van der Waals surface area contributed by atoms with Crippen molar-refractivity contribution in [2.75, 3.05) is 39.6 Å². The van der Waals surface area contributed by atoms with Crippen LogP contribution in [0.5, 0.6) is 0 Å². The van der Waals surface area contributed by atoms with E-state index < -0.39 is 97.5 Å². The molecule has 0 aliphatic rings. The van der Waals surface area contributed by atoms with Gasteiger partial charge in [-0.1, -0.05) is 364 Å². The van der Waals surface area contributed by atoms with Crippen molar-refractivity contribution in [3.63, 3.8) is 0 Å². The van der Waals surface area contributed by atoms with E-state index in [1.54, 1.807) is 0 Å². The molecule has 0 saturated heterocycles. The minimum absolute atomic E-state index is 0.105. The molecule has 0 aromatic rings. The van der Waals surface area contributed by atoms with Gasteiger partial charge in [0.2, 0.25) is 0 Å². The van der Waals surface area contributed by atoms with Crippen LogP contribution in [0.15, 0.2) is 0 Å². The summed E-state index contributed by atoms with van der Waals surface area (Å²) in [6, 6.07) is 0. The van der Waals surface area contributed by atoms with Crippen LogP contribution >= 0.6 is 15.6 Å². The lowest BCUT2D eigenvalue weighted by Gasteiger charge is -2.21. The van der Waals surface area contributed by atoms with E-state index in [0.29, 0.717) is 31.6 Å². The summed E-state index contributed by atoms with van der Waals surface area (Å²) in [7, 11) is -9.92. The lowest BCUT2D eigenvalue weighted by Crippen LogP contribution is -2.30. The van der Waals surface area contributed by atoms with Crippen LogP contribution in [0.4, 0.5) is 0 Å². The Labute approximate surface area is 613 Å². The second-order valence-corrected chi connectivity index (χ2v) is 33.7. The molecule has 6 atom stereocenters. The number of hydrogen-bond donors (Lipinski definition) is 3. The predicted octanol–water partition coefficient (Wildman–Crippen LogP) is 24.0. The lowest BCUT2D eigenvalue weighted by molar-refractivity contribution is -0.161. The van der Waals surface area contributed by atoms with Gasteiger partial charge in [0.05, 0.1) is 26.4 Å². The summed E-state index contributed by atoms with van der Waals surface area (Å²) in [5.41, 5.74) is 0. The van der Waals surface area contributed by atoms with Gasteiger partial charge in [-0.2, -0.15) is 0 Å². The fourth-order valence-corrected chi connectivity index (χ4v) is 14.0. The normalized spacial score (nSPS) is 14.3. The van der Waals surface area contributed by atoms with E-state index in [1.165, 1.54) is 212 Å². The van der Waals surface area contributed by atoms with E-state index in [9.17, 15) is 43.2 Å². The Balaban J connectivity index is 5.19. The minimum Gasteiger partial charge on any atom is -0.462 e. The van der Waals surface area contributed by atoms with Crippen molar-refractivity contribution < 1.29 is 80.2 Å². The molecule has 0 radical (unpaired) electrons. The molecule has 4 unspecified atom stereocenters. The molecule has 3 N–H and O–H groups in total. The van der Waals surface area contributed by atoms with Crippen LogP contribution in [0.1, 0.15) is 415 Å². The number of carbonyl (C=O) groups excluding carboxylic acids is 4. The zero-order valence-electron chi connectivity index (χ0n) is 65.8. The number of esters is 4. The van der Waals surface area contributed by atoms with Crippen molar-refractivity contribution >= 4 is 39.5 Å². The first-order chi connectivity index (χ1) is 48.1. The number of ether oxygens (including phenoxy) is 4.